The number of rotatable bonds is 1. The van der Waals surface area contributed by atoms with Gasteiger partial charge in [-0.05, 0) is 90.8 Å². The highest BCUT2D eigenvalue weighted by Crippen LogP contribution is 2.47. The Hall–Kier alpha value is -4.62. The van der Waals surface area contributed by atoms with Gasteiger partial charge in [0.25, 0.3) is 0 Å². The minimum absolute atomic E-state index is 0.918. The van der Waals surface area contributed by atoms with Gasteiger partial charge in [0.2, 0.25) is 0 Å². The van der Waals surface area contributed by atoms with Gasteiger partial charge in [0.15, 0.2) is 0 Å². The van der Waals surface area contributed by atoms with E-state index in [1.807, 2.05) is 6.07 Å². The fourth-order valence-electron chi connectivity index (χ4n) is 5.69. The number of para-hydroxylation sites is 1. The smallest absolute Gasteiger partial charge is 0.136 e. The Morgan fingerprint density at radius 3 is 2.14 bits per heavy atom. The van der Waals surface area contributed by atoms with Gasteiger partial charge in [0, 0.05) is 10.9 Å². The van der Waals surface area contributed by atoms with Crippen molar-refractivity contribution in [1.29, 1.82) is 0 Å². The Morgan fingerprint density at radius 2 is 1.14 bits per heavy atom. The second-order valence-corrected chi connectivity index (χ2v) is 9.40. The maximum Gasteiger partial charge on any atom is 0.136 e. The fourth-order valence-corrected chi connectivity index (χ4v) is 5.69. The molecule has 0 saturated carbocycles. The van der Waals surface area contributed by atoms with Crippen molar-refractivity contribution in [2.75, 3.05) is 0 Å². The minimum atomic E-state index is 0.918. The van der Waals surface area contributed by atoms with Crippen LogP contribution in [0.1, 0.15) is 0 Å². The Kier molecular flexibility index (Phi) is 3.72. The summed E-state index contributed by atoms with van der Waals surface area (Å²) in [6.45, 7) is 0. The molecule has 1 heterocycles. The van der Waals surface area contributed by atoms with Gasteiger partial charge in [-0.1, -0.05) is 84.9 Å². The van der Waals surface area contributed by atoms with Gasteiger partial charge >= 0.3 is 0 Å². The average Bonchev–Trinajstić information content (AvgIpc) is 2.91. The molecule has 0 aliphatic carbocycles. The summed E-state index contributed by atoms with van der Waals surface area (Å²) in [7, 11) is 0. The van der Waals surface area contributed by atoms with Crippen molar-refractivity contribution in [1.82, 2.24) is 0 Å². The monoisotopic (exact) mass is 444 g/mol. The third kappa shape index (κ3) is 2.76. The van der Waals surface area contributed by atoms with Crippen LogP contribution in [-0.2, 0) is 0 Å². The average molecular weight is 445 g/mol. The van der Waals surface area contributed by atoms with Crippen LogP contribution in [0.4, 0.5) is 0 Å². The standard InChI is InChI=1S/C34H20O/c1-2-8-28-21(6-1)12-15-24-16-22-13-14-23(17-26(22)19-31(24)28)27-18-25-7-5-10-30-29-9-3-4-11-32(29)35-33(20-27)34(25)30/h1-20H. The van der Waals surface area contributed by atoms with E-state index >= 15 is 0 Å². The number of hydrogen-bond donors (Lipinski definition) is 0. The van der Waals surface area contributed by atoms with Crippen LogP contribution in [-0.4, -0.2) is 0 Å². The predicted molar refractivity (Wildman–Crippen MR) is 147 cm³/mol. The van der Waals surface area contributed by atoms with Crippen LogP contribution in [0.2, 0.25) is 0 Å². The van der Waals surface area contributed by atoms with Gasteiger partial charge in [0.1, 0.15) is 11.5 Å². The predicted octanol–water partition coefficient (Wildman–Crippen LogP) is 9.74. The van der Waals surface area contributed by atoms with Crippen molar-refractivity contribution in [3.05, 3.63) is 121 Å². The van der Waals surface area contributed by atoms with E-state index in [0.29, 0.717) is 0 Å². The molecule has 0 amide bonds. The highest BCUT2D eigenvalue weighted by atomic mass is 16.5. The lowest BCUT2D eigenvalue weighted by molar-refractivity contribution is 0.487. The van der Waals surface area contributed by atoms with Gasteiger partial charge < -0.3 is 4.74 Å². The topological polar surface area (TPSA) is 9.23 Å². The largest absolute Gasteiger partial charge is 0.456 e. The quantitative estimate of drug-likeness (QED) is 0.181. The second-order valence-electron chi connectivity index (χ2n) is 9.40. The van der Waals surface area contributed by atoms with Crippen LogP contribution in [0.25, 0.3) is 65.3 Å². The second kappa shape index (κ2) is 6.94. The van der Waals surface area contributed by atoms with E-state index < -0.39 is 0 Å². The lowest BCUT2D eigenvalue weighted by Gasteiger charge is -2.22. The zero-order valence-corrected chi connectivity index (χ0v) is 19.0. The molecule has 7 aromatic rings. The molecule has 162 valence electrons. The van der Waals surface area contributed by atoms with Crippen molar-refractivity contribution in [3.8, 4) is 33.8 Å². The van der Waals surface area contributed by atoms with Gasteiger partial charge in [0.05, 0.1) is 0 Å². The van der Waals surface area contributed by atoms with Crippen LogP contribution in [0, 0.1) is 0 Å². The summed E-state index contributed by atoms with van der Waals surface area (Å²) in [5.74, 6) is 1.85. The molecule has 0 fully saturated rings. The van der Waals surface area contributed by atoms with E-state index in [9.17, 15) is 0 Å². The van der Waals surface area contributed by atoms with E-state index in [1.165, 1.54) is 59.8 Å². The maximum atomic E-state index is 6.40. The number of fused-ring (bicyclic) bond motifs is 6. The third-order valence-corrected chi connectivity index (χ3v) is 7.37. The van der Waals surface area contributed by atoms with Crippen molar-refractivity contribution >= 4 is 43.1 Å². The van der Waals surface area contributed by atoms with Gasteiger partial charge in [-0.2, -0.15) is 0 Å². The molecular formula is C34H20O. The number of benzene rings is 7. The van der Waals surface area contributed by atoms with E-state index in [2.05, 4.69) is 115 Å². The Morgan fingerprint density at radius 1 is 0.371 bits per heavy atom. The molecule has 7 aromatic carbocycles. The summed E-state index contributed by atoms with van der Waals surface area (Å²) < 4.78 is 6.40. The molecule has 1 nitrogen and oxygen atoms in total. The first kappa shape index (κ1) is 18.8. The molecule has 0 unspecified atom stereocenters. The SMILES string of the molecule is c1ccc2c(c1)Oc1cc(-c3ccc4cc5ccc6ccccc6c5cc4c3)cc3cccc-2c13. The third-order valence-electron chi connectivity index (χ3n) is 7.37. The molecule has 1 aliphatic rings. The molecule has 1 heteroatoms. The summed E-state index contributed by atoms with van der Waals surface area (Å²) in [6.07, 6.45) is 0. The van der Waals surface area contributed by atoms with Crippen LogP contribution < -0.4 is 4.74 Å². The van der Waals surface area contributed by atoms with E-state index in [0.717, 1.165) is 17.1 Å². The lowest BCUT2D eigenvalue weighted by Crippen LogP contribution is -1.97. The first-order chi connectivity index (χ1) is 17.3. The molecule has 8 rings (SSSR count). The Bertz CT molecular complexity index is 1980. The Labute approximate surface area is 202 Å². The summed E-state index contributed by atoms with van der Waals surface area (Å²) in [5.41, 5.74) is 4.76. The fraction of sp³-hybridized carbons (Fsp3) is 0. The van der Waals surface area contributed by atoms with E-state index in [1.54, 1.807) is 0 Å². The van der Waals surface area contributed by atoms with E-state index in [-0.39, 0.29) is 0 Å². The molecular weight excluding hydrogens is 424 g/mol. The van der Waals surface area contributed by atoms with Gasteiger partial charge in [-0.3, -0.25) is 0 Å². The Balaban J connectivity index is 1.35. The molecule has 0 radical (unpaired) electrons. The molecule has 0 saturated heterocycles. The normalized spacial score (nSPS) is 12.2. The first-order valence-corrected chi connectivity index (χ1v) is 12.0. The highest BCUT2D eigenvalue weighted by molar-refractivity contribution is 6.12. The summed E-state index contributed by atoms with van der Waals surface area (Å²) >= 11 is 0. The van der Waals surface area contributed by atoms with Gasteiger partial charge in [-0.15, -0.1) is 0 Å². The zero-order valence-electron chi connectivity index (χ0n) is 19.0. The summed E-state index contributed by atoms with van der Waals surface area (Å²) in [6, 6.07) is 43.8. The molecule has 35 heavy (non-hydrogen) atoms. The zero-order chi connectivity index (χ0) is 22.9. The number of hydrogen-bond acceptors (Lipinski definition) is 1. The van der Waals surface area contributed by atoms with Crippen LogP contribution in [0.15, 0.2) is 121 Å². The minimum Gasteiger partial charge on any atom is -0.456 e. The van der Waals surface area contributed by atoms with Crippen molar-refractivity contribution in [3.63, 3.8) is 0 Å². The van der Waals surface area contributed by atoms with Crippen molar-refractivity contribution < 1.29 is 4.74 Å². The van der Waals surface area contributed by atoms with Crippen LogP contribution in [0.3, 0.4) is 0 Å². The molecule has 0 spiro atoms. The van der Waals surface area contributed by atoms with E-state index in [4.69, 9.17) is 4.74 Å². The summed E-state index contributed by atoms with van der Waals surface area (Å²) in [5, 5.41) is 10.0. The van der Waals surface area contributed by atoms with Crippen LogP contribution >= 0.6 is 0 Å². The van der Waals surface area contributed by atoms with Gasteiger partial charge in [-0.25, -0.2) is 0 Å². The van der Waals surface area contributed by atoms with Crippen molar-refractivity contribution in [2.24, 2.45) is 0 Å². The molecule has 0 aromatic heterocycles. The van der Waals surface area contributed by atoms with Crippen LogP contribution in [0.5, 0.6) is 11.5 Å². The summed E-state index contributed by atoms with van der Waals surface area (Å²) in [4.78, 5) is 0. The lowest BCUT2D eigenvalue weighted by atomic mass is 9.91. The molecule has 0 bridgehead atoms. The first-order valence-electron chi connectivity index (χ1n) is 12.0. The number of ether oxygens (including phenoxy) is 1. The van der Waals surface area contributed by atoms with Crippen molar-refractivity contribution in [2.45, 2.75) is 0 Å². The molecule has 0 N–H and O–H groups in total. The molecule has 1 aliphatic heterocycles. The maximum absolute atomic E-state index is 6.40. The highest BCUT2D eigenvalue weighted by Gasteiger charge is 2.20. The molecule has 0 atom stereocenters.